The van der Waals surface area contributed by atoms with Gasteiger partial charge in [-0.05, 0) is 39.5 Å². The first-order valence-corrected chi connectivity index (χ1v) is 5.61. The zero-order chi connectivity index (χ0) is 12.9. The van der Waals surface area contributed by atoms with Gasteiger partial charge >= 0.3 is 11.9 Å². The Hall–Kier alpha value is -1.06. The van der Waals surface area contributed by atoms with E-state index in [1.165, 1.54) is 6.92 Å². The van der Waals surface area contributed by atoms with Crippen molar-refractivity contribution in [1.82, 2.24) is 0 Å². The van der Waals surface area contributed by atoms with Crippen LogP contribution in [0, 0.1) is 11.8 Å². The quantitative estimate of drug-likeness (QED) is 0.562. The Morgan fingerprint density at radius 1 is 1.25 bits per heavy atom. The van der Waals surface area contributed by atoms with Crippen molar-refractivity contribution in [2.24, 2.45) is 11.8 Å². The topological polar surface area (TPSA) is 63.6 Å². The van der Waals surface area contributed by atoms with E-state index >= 15 is 0 Å². The van der Waals surface area contributed by atoms with Crippen LogP contribution in [0.1, 0.15) is 47.5 Å². The predicted octanol–water partition coefficient (Wildman–Crippen LogP) is 2.47. The van der Waals surface area contributed by atoms with Crippen molar-refractivity contribution in [1.29, 1.82) is 0 Å². The van der Waals surface area contributed by atoms with Crippen molar-refractivity contribution in [3.8, 4) is 0 Å². The van der Waals surface area contributed by atoms with E-state index < -0.39 is 23.5 Å². The predicted molar refractivity (Wildman–Crippen MR) is 61.0 cm³/mol. The van der Waals surface area contributed by atoms with Crippen LogP contribution >= 0.6 is 0 Å². The number of carbonyl (C=O) groups excluding carboxylic acids is 1. The lowest BCUT2D eigenvalue weighted by atomic mass is 9.96. The molecular formula is C12H22O4. The molecule has 4 heteroatoms. The van der Waals surface area contributed by atoms with Crippen LogP contribution in [0.4, 0.5) is 0 Å². The molecule has 1 N–H and O–H groups in total. The number of ether oxygens (including phenoxy) is 1. The molecule has 4 nitrogen and oxygen atoms in total. The number of aliphatic carboxylic acids is 1. The Morgan fingerprint density at radius 2 is 1.75 bits per heavy atom. The highest BCUT2D eigenvalue weighted by molar-refractivity contribution is 5.93. The number of carboxylic acid groups (broad SMARTS) is 1. The number of carboxylic acids is 1. The molecule has 0 unspecified atom stereocenters. The van der Waals surface area contributed by atoms with Crippen LogP contribution in [0.3, 0.4) is 0 Å². The number of rotatable bonds is 6. The lowest BCUT2D eigenvalue weighted by Gasteiger charge is -2.26. The molecule has 0 spiro atoms. The zero-order valence-corrected chi connectivity index (χ0v) is 10.7. The van der Waals surface area contributed by atoms with Gasteiger partial charge in [0, 0.05) is 0 Å². The molecule has 0 bridgehead atoms. The normalized spacial score (nSPS) is 13.6. The first-order valence-electron chi connectivity index (χ1n) is 5.61. The molecule has 16 heavy (non-hydrogen) atoms. The van der Waals surface area contributed by atoms with E-state index in [4.69, 9.17) is 9.84 Å². The van der Waals surface area contributed by atoms with E-state index in [0.29, 0.717) is 5.92 Å². The molecule has 0 saturated carbocycles. The number of esters is 1. The Bertz CT molecular complexity index is 256. The largest absolute Gasteiger partial charge is 0.481 e. The second kappa shape index (κ2) is 5.87. The monoisotopic (exact) mass is 230 g/mol. The minimum atomic E-state index is -1.15. The molecule has 0 fully saturated rings. The molecule has 0 aliphatic rings. The third-order valence-electron chi connectivity index (χ3n) is 2.42. The summed E-state index contributed by atoms with van der Waals surface area (Å²) in [6.07, 6.45) is 1.68. The van der Waals surface area contributed by atoms with Crippen molar-refractivity contribution >= 4 is 11.9 Å². The molecule has 0 aromatic carbocycles. The number of hydrogen-bond acceptors (Lipinski definition) is 3. The standard InChI is InChI=1S/C12H22O4/c1-8(2)6-7-12(4,5)16-11(15)9(3)10(13)14/h8-9H,6-7H2,1-5H3,(H,13,14)/t9-/m1/s1. The van der Waals surface area contributed by atoms with Gasteiger partial charge in [-0.25, -0.2) is 0 Å². The molecule has 0 aliphatic carbocycles. The van der Waals surface area contributed by atoms with Gasteiger partial charge in [0.2, 0.25) is 0 Å². The Labute approximate surface area is 97.0 Å². The summed E-state index contributed by atoms with van der Waals surface area (Å²) in [5.74, 6) is -2.38. The summed E-state index contributed by atoms with van der Waals surface area (Å²) in [4.78, 5) is 22.0. The van der Waals surface area contributed by atoms with Crippen molar-refractivity contribution in [3.63, 3.8) is 0 Å². The van der Waals surface area contributed by atoms with Gasteiger partial charge in [-0.3, -0.25) is 9.59 Å². The van der Waals surface area contributed by atoms with Crippen molar-refractivity contribution in [2.75, 3.05) is 0 Å². The molecule has 0 radical (unpaired) electrons. The third kappa shape index (κ3) is 5.73. The van der Waals surface area contributed by atoms with Gasteiger partial charge in [0.05, 0.1) is 0 Å². The zero-order valence-electron chi connectivity index (χ0n) is 10.7. The highest BCUT2D eigenvalue weighted by Crippen LogP contribution is 2.21. The summed E-state index contributed by atoms with van der Waals surface area (Å²) < 4.78 is 5.19. The highest BCUT2D eigenvalue weighted by atomic mass is 16.6. The highest BCUT2D eigenvalue weighted by Gasteiger charge is 2.29. The summed E-state index contributed by atoms with van der Waals surface area (Å²) in [6, 6.07) is 0. The molecule has 0 aromatic rings. The fourth-order valence-electron chi connectivity index (χ4n) is 1.15. The van der Waals surface area contributed by atoms with Gasteiger partial charge in [0.25, 0.3) is 0 Å². The van der Waals surface area contributed by atoms with E-state index in [1.807, 2.05) is 13.8 Å². The summed E-state index contributed by atoms with van der Waals surface area (Å²) in [5.41, 5.74) is -0.592. The van der Waals surface area contributed by atoms with Crippen molar-refractivity contribution in [2.45, 2.75) is 53.1 Å². The summed E-state index contributed by atoms with van der Waals surface area (Å²) in [5, 5.41) is 8.67. The molecule has 0 heterocycles. The maximum Gasteiger partial charge on any atom is 0.320 e. The van der Waals surface area contributed by atoms with E-state index in [9.17, 15) is 9.59 Å². The van der Waals surface area contributed by atoms with E-state index in [-0.39, 0.29) is 0 Å². The van der Waals surface area contributed by atoms with Crippen LogP contribution in [0.25, 0.3) is 0 Å². The van der Waals surface area contributed by atoms with Crippen molar-refractivity contribution in [3.05, 3.63) is 0 Å². The average molecular weight is 230 g/mol. The second-order valence-electron chi connectivity index (χ2n) is 5.17. The molecule has 94 valence electrons. The Kier molecular flexibility index (Phi) is 5.48. The maximum absolute atomic E-state index is 11.4. The summed E-state index contributed by atoms with van der Waals surface area (Å²) in [6.45, 7) is 9.14. The van der Waals surface area contributed by atoms with Crippen LogP contribution in [0.2, 0.25) is 0 Å². The summed E-state index contributed by atoms with van der Waals surface area (Å²) in [7, 11) is 0. The smallest absolute Gasteiger partial charge is 0.320 e. The molecule has 0 aromatic heterocycles. The van der Waals surface area contributed by atoms with Crippen LogP contribution in [0.15, 0.2) is 0 Å². The van der Waals surface area contributed by atoms with Gasteiger partial charge < -0.3 is 9.84 Å². The van der Waals surface area contributed by atoms with Gasteiger partial charge in [0.1, 0.15) is 5.60 Å². The lowest BCUT2D eigenvalue weighted by Crippen LogP contribution is -2.33. The molecule has 0 aliphatic heterocycles. The fourth-order valence-corrected chi connectivity index (χ4v) is 1.15. The SMILES string of the molecule is CC(C)CCC(C)(C)OC(=O)[C@H](C)C(=O)O. The molecule has 0 rings (SSSR count). The Balaban J connectivity index is 4.24. The first-order chi connectivity index (χ1) is 7.15. The van der Waals surface area contributed by atoms with Gasteiger partial charge in [-0.1, -0.05) is 13.8 Å². The van der Waals surface area contributed by atoms with Crippen LogP contribution < -0.4 is 0 Å². The number of hydrogen-bond donors (Lipinski definition) is 1. The maximum atomic E-state index is 11.4. The Morgan fingerprint density at radius 3 is 2.12 bits per heavy atom. The average Bonchev–Trinajstić information content (AvgIpc) is 2.12. The van der Waals surface area contributed by atoms with Gasteiger partial charge in [-0.15, -0.1) is 0 Å². The van der Waals surface area contributed by atoms with E-state index in [2.05, 4.69) is 13.8 Å². The van der Waals surface area contributed by atoms with E-state index in [0.717, 1.165) is 12.8 Å². The molecule has 1 atom stereocenters. The van der Waals surface area contributed by atoms with Crippen LogP contribution in [0.5, 0.6) is 0 Å². The number of carbonyl (C=O) groups is 2. The minimum Gasteiger partial charge on any atom is -0.481 e. The molecule has 0 saturated heterocycles. The molecule has 0 amide bonds. The molecular weight excluding hydrogens is 208 g/mol. The van der Waals surface area contributed by atoms with Crippen LogP contribution in [-0.2, 0) is 14.3 Å². The van der Waals surface area contributed by atoms with E-state index in [1.54, 1.807) is 0 Å². The minimum absolute atomic E-state index is 0.537. The van der Waals surface area contributed by atoms with Gasteiger partial charge in [0.15, 0.2) is 5.92 Å². The fraction of sp³-hybridized carbons (Fsp3) is 0.833. The lowest BCUT2D eigenvalue weighted by molar-refractivity contribution is -0.167. The first kappa shape index (κ1) is 14.9. The summed E-state index contributed by atoms with van der Waals surface area (Å²) >= 11 is 0. The third-order valence-corrected chi connectivity index (χ3v) is 2.42. The van der Waals surface area contributed by atoms with Gasteiger partial charge in [-0.2, -0.15) is 0 Å². The van der Waals surface area contributed by atoms with Crippen LogP contribution in [-0.4, -0.2) is 22.6 Å². The second-order valence-corrected chi connectivity index (χ2v) is 5.17. The van der Waals surface area contributed by atoms with Crippen molar-refractivity contribution < 1.29 is 19.4 Å².